The Balaban J connectivity index is 1.50. The number of nitrogens with one attached hydrogen (secondary N) is 1. The van der Waals surface area contributed by atoms with Crippen LogP contribution in [0.15, 0.2) is 55.0 Å². The van der Waals surface area contributed by atoms with E-state index in [0.29, 0.717) is 0 Å². The maximum Gasteiger partial charge on any atom is 0.142 e. The Hall–Kier alpha value is -2.79. The molecule has 0 aliphatic heterocycles. The van der Waals surface area contributed by atoms with Crippen LogP contribution in [-0.2, 0) is 0 Å². The number of aromatic nitrogens is 3. The fraction of sp³-hybridized carbons (Fsp3) is 0.190. The van der Waals surface area contributed by atoms with Crippen molar-refractivity contribution in [2.24, 2.45) is 0 Å². The van der Waals surface area contributed by atoms with Gasteiger partial charge in [-0.3, -0.25) is 4.98 Å². The van der Waals surface area contributed by atoms with Crippen molar-refractivity contribution in [3.05, 3.63) is 66.2 Å². The van der Waals surface area contributed by atoms with Crippen molar-refractivity contribution in [1.29, 1.82) is 0 Å². The van der Waals surface area contributed by atoms with Gasteiger partial charge in [-0.15, -0.1) is 11.3 Å². The van der Waals surface area contributed by atoms with Crippen LogP contribution < -0.4 is 5.32 Å². The van der Waals surface area contributed by atoms with Crippen molar-refractivity contribution >= 4 is 33.1 Å². The summed E-state index contributed by atoms with van der Waals surface area (Å²) in [5.41, 5.74) is 4.67. The molecule has 0 radical (unpaired) electrons. The molecule has 4 nitrogen and oxygen atoms in total. The van der Waals surface area contributed by atoms with Gasteiger partial charge in [0.25, 0.3) is 0 Å². The predicted octanol–water partition coefficient (Wildman–Crippen LogP) is 5.68. The molecule has 1 saturated carbocycles. The van der Waals surface area contributed by atoms with Crippen molar-refractivity contribution in [3.63, 3.8) is 0 Å². The molecule has 1 aliphatic rings. The van der Waals surface area contributed by atoms with Crippen LogP contribution in [0.4, 0.5) is 11.5 Å². The second kappa shape index (κ2) is 6.18. The SMILES string of the molecule is Cc1ncccc1-c1cc2c(Nc3ccc(C4CC4)cc3)ncnc2s1. The zero-order valence-electron chi connectivity index (χ0n) is 14.4. The normalized spacial score (nSPS) is 13.9. The Morgan fingerprint density at radius 1 is 1.04 bits per heavy atom. The van der Waals surface area contributed by atoms with Crippen molar-refractivity contribution in [3.8, 4) is 10.4 Å². The molecule has 1 aromatic carbocycles. The van der Waals surface area contributed by atoms with Crippen LogP contribution in [0.1, 0.15) is 30.0 Å². The number of benzene rings is 1. The van der Waals surface area contributed by atoms with E-state index < -0.39 is 0 Å². The molecule has 4 aromatic rings. The fourth-order valence-corrected chi connectivity index (χ4v) is 4.30. The summed E-state index contributed by atoms with van der Waals surface area (Å²) in [4.78, 5) is 15.5. The standard InChI is InChI=1S/C21H18N4S/c1-13-17(3-2-10-22-13)19-11-18-20(23-12-24-21(18)26-19)25-16-8-6-15(7-9-16)14-4-5-14/h2-3,6-12,14H,4-5H2,1H3,(H,23,24,25). The predicted molar refractivity (Wildman–Crippen MR) is 107 cm³/mol. The van der Waals surface area contributed by atoms with Gasteiger partial charge in [-0.05, 0) is 55.5 Å². The molecule has 3 aromatic heterocycles. The summed E-state index contributed by atoms with van der Waals surface area (Å²) in [6, 6.07) is 14.9. The Morgan fingerprint density at radius 2 is 1.88 bits per heavy atom. The van der Waals surface area contributed by atoms with Gasteiger partial charge in [0.15, 0.2) is 0 Å². The third-order valence-corrected chi connectivity index (χ3v) is 5.90. The highest BCUT2D eigenvalue weighted by Crippen LogP contribution is 2.40. The monoisotopic (exact) mass is 358 g/mol. The van der Waals surface area contributed by atoms with Crippen LogP contribution in [0.3, 0.4) is 0 Å². The van der Waals surface area contributed by atoms with Gasteiger partial charge < -0.3 is 5.32 Å². The van der Waals surface area contributed by atoms with Crippen LogP contribution in [0.5, 0.6) is 0 Å². The molecular formula is C21H18N4S. The molecule has 5 rings (SSSR count). The number of pyridine rings is 1. The second-order valence-corrected chi connectivity index (χ2v) is 7.74. The zero-order valence-corrected chi connectivity index (χ0v) is 15.3. The first kappa shape index (κ1) is 15.5. The Bertz CT molecular complexity index is 1080. The molecule has 0 amide bonds. The smallest absolute Gasteiger partial charge is 0.142 e. The van der Waals surface area contributed by atoms with Gasteiger partial charge in [-0.2, -0.15) is 0 Å². The van der Waals surface area contributed by atoms with Crippen molar-refractivity contribution in [1.82, 2.24) is 15.0 Å². The first-order valence-corrected chi connectivity index (χ1v) is 9.63. The average molecular weight is 358 g/mol. The molecule has 5 heteroatoms. The van der Waals surface area contributed by atoms with Crippen LogP contribution in [0, 0.1) is 6.92 Å². The Kier molecular flexibility index (Phi) is 3.68. The molecule has 0 saturated heterocycles. The van der Waals surface area contributed by atoms with Gasteiger partial charge in [0.1, 0.15) is 17.0 Å². The van der Waals surface area contributed by atoms with E-state index in [1.54, 1.807) is 17.7 Å². The first-order valence-electron chi connectivity index (χ1n) is 8.81. The molecular weight excluding hydrogens is 340 g/mol. The van der Waals surface area contributed by atoms with E-state index in [0.717, 1.165) is 38.9 Å². The van der Waals surface area contributed by atoms with E-state index in [-0.39, 0.29) is 0 Å². The molecule has 0 spiro atoms. The number of aryl methyl sites for hydroxylation is 1. The number of anilines is 2. The van der Waals surface area contributed by atoms with Gasteiger partial charge in [-0.25, -0.2) is 9.97 Å². The lowest BCUT2D eigenvalue weighted by atomic mass is 10.1. The molecule has 128 valence electrons. The van der Waals surface area contributed by atoms with Crippen LogP contribution in [0.25, 0.3) is 20.7 Å². The minimum Gasteiger partial charge on any atom is -0.340 e. The van der Waals surface area contributed by atoms with Crippen LogP contribution in [0.2, 0.25) is 0 Å². The number of thiophene rings is 1. The lowest BCUT2D eigenvalue weighted by Crippen LogP contribution is -1.94. The average Bonchev–Trinajstić information content (AvgIpc) is 3.42. The lowest BCUT2D eigenvalue weighted by molar-refractivity contribution is 1.13. The third-order valence-electron chi connectivity index (χ3n) is 4.82. The minimum absolute atomic E-state index is 0.775. The largest absolute Gasteiger partial charge is 0.340 e. The summed E-state index contributed by atoms with van der Waals surface area (Å²) in [6.07, 6.45) is 6.10. The van der Waals surface area contributed by atoms with Crippen molar-refractivity contribution < 1.29 is 0 Å². The maximum absolute atomic E-state index is 4.47. The highest BCUT2D eigenvalue weighted by molar-refractivity contribution is 7.21. The molecule has 0 atom stereocenters. The van der Waals surface area contributed by atoms with E-state index in [4.69, 9.17) is 0 Å². The Morgan fingerprint density at radius 3 is 2.65 bits per heavy atom. The maximum atomic E-state index is 4.47. The lowest BCUT2D eigenvalue weighted by Gasteiger charge is -2.07. The molecule has 1 N–H and O–H groups in total. The summed E-state index contributed by atoms with van der Waals surface area (Å²) in [5.74, 6) is 1.62. The third kappa shape index (κ3) is 2.84. The summed E-state index contributed by atoms with van der Waals surface area (Å²) in [6.45, 7) is 2.03. The topological polar surface area (TPSA) is 50.7 Å². The fourth-order valence-electron chi connectivity index (χ4n) is 3.22. The van der Waals surface area contributed by atoms with Gasteiger partial charge in [0, 0.05) is 28.0 Å². The molecule has 0 unspecified atom stereocenters. The van der Waals surface area contributed by atoms with Crippen molar-refractivity contribution in [2.45, 2.75) is 25.7 Å². The second-order valence-electron chi connectivity index (χ2n) is 6.71. The van der Waals surface area contributed by atoms with Crippen LogP contribution >= 0.6 is 11.3 Å². The van der Waals surface area contributed by atoms with E-state index in [2.05, 4.69) is 56.7 Å². The summed E-state index contributed by atoms with van der Waals surface area (Å²) in [7, 11) is 0. The molecule has 26 heavy (non-hydrogen) atoms. The highest BCUT2D eigenvalue weighted by atomic mass is 32.1. The summed E-state index contributed by atoms with van der Waals surface area (Å²) in [5, 5.41) is 4.50. The number of hydrogen-bond donors (Lipinski definition) is 1. The minimum atomic E-state index is 0.775. The first-order chi connectivity index (χ1) is 12.8. The van der Waals surface area contributed by atoms with E-state index in [1.165, 1.54) is 23.3 Å². The van der Waals surface area contributed by atoms with Gasteiger partial charge in [0.05, 0.1) is 5.39 Å². The zero-order chi connectivity index (χ0) is 17.5. The molecule has 3 heterocycles. The number of nitrogens with zero attached hydrogens (tertiary/aromatic N) is 3. The molecule has 1 fully saturated rings. The van der Waals surface area contributed by atoms with Crippen LogP contribution in [-0.4, -0.2) is 15.0 Å². The number of fused-ring (bicyclic) bond motifs is 1. The van der Waals surface area contributed by atoms with E-state index in [9.17, 15) is 0 Å². The summed E-state index contributed by atoms with van der Waals surface area (Å²) >= 11 is 1.67. The van der Waals surface area contributed by atoms with Gasteiger partial charge in [0.2, 0.25) is 0 Å². The van der Waals surface area contributed by atoms with E-state index >= 15 is 0 Å². The number of hydrogen-bond acceptors (Lipinski definition) is 5. The molecule has 1 aliphatic carbocycles. The summed E-state index contributed by atoms with van der Waals surface area (Å²) < 4.78 is 0. The van der Waals surface area contributed by atoms with Gasteiger partial charge >= 0.3 is 0 Å². The highest BCUT2D eigenvalue weighted by Gasteiger charge is 2.23. The van der Waals surface area contributed by atoms with Gasteiger partial charge in [-0.1, -0.05) is 18.2 Å². The Labute approximate surface area is 156 Å². The van der Waals surface area contributed by atoms with Crippen molar-refractivity contribution in [2.75, 3.05) is 5.32 Å². The van der Waals surface area contributed by atoms with E-state index in [1.807, 2.05) is 19.2 Å². The quantitative estimate of drug-likeness (QED) is 0.510. The molecule has 0 bridgehead atoms. The number of rotatable bonds is 4.